The van der Waals surface area contributed by atoms with Gasteiger partial charge in [-0.2, -0.15) is 0 Å². The van der Waals surface area contributed by atoms with Gasteiger partial charge in [-0.05, 0) is 12.2 Å². The number of hydrogen-bond donors (Lipinski definition) is 4. The van der Waals surface area contributed by atoms with E-state index in [1.54, 1.807) is 0 Å². The number of hydrogen-bond acceptors (Lipinski definition) is 7. The van der Waals surface area contributed by atoms with E-state index in [-0.39, 0.29) is 17.9 Å². The molecule has 98 valence electrons. The molecule has 0 spiro atoms. The Morgan fingerprint density at radius 1 is 1.39 bits per heavy atom. The van der Waals surface area contributed by atoms with Crippen molar-refractivity contribution in [1.82, 2.24) is 5.32 Å². The van der Waals surface area contributed by atoms with Crippen LogP contribution < -0.4 is 5.32 Å². The monoisotopic (exact) mass is 255 g/mol. The molecule has 0 aromatic heterocycles. The third kappa shape index (κ3) is 1.68. The molecule has 1 fully saturated rings. The predicted octanol–water partition coefficient (Wildman–Crippen LogP) is -2.39. The summed E-state index contributed by atoms with van der Waals surface area (Å²) in [6.45, 7) is -1.23. The van der Waals surface area contributed by atoms with Crippen LogP contribution in [0.1, 0.15) is 0 Å². The number of rotatable bonds is 3. The fourth-order valence-electron chi connectivity index (χ4n) is 1.84. The molecule has 4 N–H and O–H groups in total. The number of carbonyl (C=O) groups excluding carboxylic acids is 2. The molecule has 1 aliphatic heterocycles. The molecule has 2 aliphatic rings. The minimum absolute atomic E-state index is 0.0306. The second-order valence-electron chi connectivity index (χ2n) is 4.30. The number of nitrogens with one attached hydrogen (secondary N) is 1. The zero-order chi connectivity index (χ0) is 13.4. The first kappa shape index (κ1) is 12.9. The highest BCUT2D eigenvalue weighted by atomic mass is 16.6. The Kier molecular flexibility index (Phi) is 3.07. The maximum Gasteiger partial charge on any atom is 0.273 e. The van der Waals surface area contributed by atoms with E-state index in [1.807, 2.05) is 0 Å². The van der Waals surface area contributed by atoms with Gasteiger partial charge in [0.05, 0.1) is 25.5 Å². The number of ether oxygens (including phenoxy) is 1. The summed E-state index contributed by atoms with van der Waals surface area (Å²) in [4.78, 5) is 22.5. The lowest BCUT2D eigenvalue weighted by Crippen LogP contribution is -2.67. The van der Waals surface area contributed by atoms with Gasteiger partial charge in [0.15, 0.2) is 6.29 Å². The molecule has 7 heteroatoms. The molecule has 0 aromatic rings. The summed E-state index contributed by atoms with van der Waals surface area (Å²) in [5.41, 5.74) is -1.36. The highest BCUT2D eigenvalue weighted by Gasteiger charge is 2.51. The largest absolute Gasteiger partial charge is 0.394 e. The molecule has 0 saturated carbocycles. The van der Waals surface area contributed by atoms with Crippen LogP contribution in [0.15, 0.2) is 23.4 Å². The predicted molar refractivity (Wildman–Crippen MR) is 58.2 cm³/mol. The van der Waals surface area contributed by atoms with Crippen LogP contribution in [0.5, 0.6) is 0 Å². The van der Waals surface area contributed by atoms with E-state index in [0.29, 0.717) is 6.29 Å². The van der Waals surface area contributed by atoms with E-state index in [1.165, 1.54) is 6.08 Å². The maximum absolute atomic E-state index is 11.6. The van der Waals surface area contributed by atoms with Crippen molar-refractivity contribution in [3.8, 4) is 0 Å². The summed E-state index contributed by atoms with van der Waals surface area (Å²) in [5.74, 6) is -2.97. The lowest BCUT2D eigenvalue weighted by Gasteiger charge is -2.45. The SMILES string of the molecule is O=CC1=C2NC(CO)(CO)COC2(O)C(=O)C=C1. The molecule has 1 saturated heterocycles. The quantitative estimate of drug-likeness (QED) is 0.416. The zero-order valence-electron chi connectivity index (χ0n) is 9.42. The summed E-state index contributed by atoms with van der Waals surface area (Å²) in [6.07, 6.45) is 2.73. The molecule has 2 rings (SSSR count). The molecular weight excluding hydrogens is 242 g/mol. The maximum atomic E-state index is 11.6. The van der Waals surface area contributed by atoms with Gasteiger partial charge in [0, 0.05) is 5.57 Å². The van der Waals surface area contributed by atoms with Crippen molar-refractivity contribution in [3.05, 3.63) is 23.4 Å². The van der Waals surface area contributed by atoms with E-state index in [0.717, 1.165) is 6.08 Å². The number of carbonyl (C=O) groups is 2. The molecule has 0 amide bonds. The Hall–Kier alpha value is -1.54. The van der Waals surface area contributed by atoms with Crippen molar-refractivity contribution < 1.29 is 29.6 Å². The first-order chi connectivity index (χ1) is 8.51. The number of ketones is 1. The summed E-state index contributed by atoms with van der Waals surface area (Å²) >= 11 is 0. The van der Waals surface area contributed by atoms with Crippen LogP contribution in [0.3, 0.4) is 0 Å². The average Bonchev–Trinajstić information content (AvgIpc) is 2.40. The Bertz CT molecular complexity index is 450. The van der Waals surface area contributed by atoms with Gasteiger partial charge >= 0.3 is 0 Å². The zero-order valence-corrected chi connectivity index (χ0v) is 9.42. The van der Waals surface area contributed by atoms with E-state index >= 15 is 0 Å². The summed E-state index contributed by atoms with van der Waals surface area (Å²) < 4.78 is 5.07. The van der Waals surface area contributed by atoms with Crippen LogP contribution in [-0.2, 0) is 14.3 Å². The summed E-state index contributed by atoms with van der Waals surface area (Å²) in [5, 5.41) is 31.2. The number of aliphatic hydroxyl groups is 3. The Morgan fingerprint density at radius 3 is 2.61 bits per heavy atom. The Labute approximate surface area is 102 Å². The number of aldehydes is 1. The standard InChI is InChI=1S/C11H13NO6/c13-3-7-1-2-8(16)11(17)9(7)12-10(4-14,5-15)6-18-11/h1-3,12,14-15,17H,4-6H2. The average molecular weight is 255 g/mol. The van der Waals surface area contributed by atoms with Crippen molar-refractivity contribution >= 4 is 12.1 Å². The third-order valence-corrected chi connectivity index (χ3v) is 3.06. The van der Waals surface area contributed by atoms with E-state index in [2.05, 4.69) is 5.32 Å². The molecule has 0 radical (unpaired) electrons. The number of morpholine rings is 1. The normalized spacial score (nSPS) is 29.8. The van der Waals surface area contributed by atoms with Crippen molar-refractivity contribution in [3.63, 3.8) is 0 Å². The van der Waals surface area contributed by atoms with Crippen LogP contribution >= 0.6 is 0 Å². The molecule has 0 bridgehead atoms. The third-order valence-electron chi connectivity index (χ3n) is 3.06. The first-order valence-electron chi connectivity index (χ1n) is 5.30. The van der Waals surface area contributed by atoms with Crippen molar-refractivity contribution in [2.24, 2.45) is 0 Å². The lowest BCUT2D eigenvalue weighted by atomic mass is 9.90. The lowest BCUT2D eigenvalue weighted by molar-refractivity contribution is -0.212. The Morgan fingerprint density at radius 2 is 2.06 bits per heavy atom. The molecule has 18 heavy (non-hydrogen) atoms. The molecule has 0 aromatic carbocycles. The van der Waals surface area contributed by atoms with Gasteiger partial charge in [0.1, 0.15) is 5.54 Å². The molecule has 1 atom stereocenters. The van der Waals surface area contributed by atoms with Crippen LogP contribution in [-0.4, -0.2) is 58.5 Å². The van der Waals surface area contributed by atoms with Gasteiger partial charge in [-0.1, -0.05) is 0 Å². The topological polar surface area (TPSA) is 116 Å². The molecule has 1 aliphatic carbocycles. The fraction of sp³-hybridized carbons (Fsp3) is 0.455. The van der Waals surface area contributed by atoms with Gasteiger partial charge in [0.25, 0.3) is 5.79 Å². The highest BCUT2D eigenvalue weighted by molar-refractivity contribution is 6.03. The minimum Gasteiger partial charge on any atom is -0.394 e. The molecule has 1 heterocycles. The van der Waals surface area contributed by atoms with Gasteiger partial charge < -0.3 is 25.4 Å². The second kappa shape index (κ2) is 4.29. The van der Waals surface area contributed by atoms with Crippen molar-refractivity contribution in [2.75, 3.05) is 19.8 Å². The first-order valence-corrected chi connectivity index (χ1v) is 5.30. The molecular formula is C11H13NO6. The number of aliphatic hydroxyl groups excluding tert-OH is 2. The van der Waals surface area contributed by atoms with E-state index < -0.39 is 30.3 Å². The summed E-state index contributed by atoms with van der Waals surface area (Å²) in [6, 6.07) is 0. The molecule has 1 unspecified atom stereocenters. The van der Waals surface area contributed by atoms with Crippen LogP contribution in [0.25, 0.3) is 0 Å². The van der Waals surface area contributed by atoms with E-state index in [9.17, 15) is 24.9 Å². The summed E-state index contributed by atoms with van der Waals surface area (Å²) in [7, 11) is 0. The van der Waals surface area contributed by atoms with E-state index in [4.69, 9.17) is 4.74 Å². The van der Waals surface area contributed by atoms with Gasteiger partial charge in [0.2, 0.25) is 5.78 Å². The number of fused-ring (bicyclic) bond motifs is 1. The smallest absolute Gasteiger partial charge is 0.273 e. The van der Waals surface area contributed by atoms with Crippen LogP contribution in [0.2, 0.25) is 0 Å². The fourth-order valence-corrected chi connectivity index (χ4v) is 1.84. The Balaban J connectivity index is 2.48. The van der Waals surface area contributed by atoms with Crippen LogP contribution in [0, 0.1) is 0 Å². The highest BCUT2D eigenvalue weighted by Crippen LogP contribution is 2.32. The van der Waals surface area contributed by atoms with Crippen LogP contribution in [0.4, 0.5) is 0 Å². The van der Waals surface area contributed by atoms with Gasteiger partial charge in [-0.3, -0.25) is 9.59 Å². The van der Waals surface area contributed by atoms with Gasteiger partial charge in [-0.15, -0.1) is 0 Å². The number of allylic oxidation sites excluding steroid dienone is 2. The van der Waals surface area contributed by atoms with Crippen molar-refractivity contribution in [1.29, 1.82) is 0 Å². The van der Waals surface area contributed by atoms with Gasteiger partial charge in [-0.25, -0.2) is 0 Å². The minimum atomic E-state index is -2.25. The van der Waals surface area contributed by atoms with Crippen molar-refractivity contribution in [2.45, 2.75) is 11.3 Å². The second-order valence-corrected chi connectivity index (χ2v) is 4.30. The molecule has 7 nitrogen and oxygen atoms in total.